The lowest BCUT2D eigenvalue weighted by Gasteiger charge is -2.26. The quantitative estimate of drug-likeness (QED) is 0.692. The monoisotopic (exact) mass is 427 g/mol. The smallest absolute Gasteiger partial charge is 0.387 e. The standard InChI is InChI=1S/C19H20BrF2NO3/c1-19(2,12-7-9-13(20)10-8-12)11-23-17(24)14-5-4-6-15(25-3)16(14)26-18(21)22/h4-10,18H,11H2,1-3H3,(H,23,24). The molecule has 0 saturated carbocycles. The number of alkyl halides is 2. The van der Waals surface area contributed by atoms with Crippen LogP contribution >= 0.6 is 15.9 Å². The molecule has 0 atom stereocenters. The van der Waals surface area contributed by atoms with E-state index in [2.05, 4.69) is 26.0 Å². The largest absolute Gasteiger partial charge is 0.493 e. The number of hydrogen-bond donors (Lipinski definition) is 1. The van der Waals surface area contributed by atoms with Crippen molar-refractivity contribution in [3.8, 4) is 11.5 Å². The number of methoxy groups -OCH3 is 1. The molecule has 1 N–H and O–H groups in total. The highest BCUT2D eigenvalue weighted by Gasteiger charge is 2.24. The molecule has 0 radical (unpaired) electrons. The third-order valence-electron chi connectivity index (χ3n) is 3.97. The van der Waals surface area contributed by atoms with Crippen molar-refractivity contribution in [2.45, 2.75) is 25.9 Å². The van der Waals surface area contributed by atoms with Crippen LogP contribution in [-0.2, 0) is 5.41 Å². The average Bonchev–Trinajstić information content (AvgIpc) is 2.60. The third-order valence-corrected chi connectivity index (χ3v) is 4.50. The van der Waals surface area contributed by atoms with E-state index in [4.69, 9.17) is 4.74 Å². The Kier molecular flexibility index (Phi) is 6.58. The Bertz CT molecular complexity index is 764. The first-order valence-corrected chi connectivity index (χ1v) is 8.70. The first-order valence-electron chi connectivity index (χ1n) is 7.90. The van der Waals surface area contributed by atoms with Crippen LogP contribution in [0.5, 0.6) is 11.5 Å². The summed E-state index contributed by atoms with van der Waals surface area (Å²) in [6.07, 6.45) is 0. The minimum atomic E-state index is -3.06. The molecule has 26 heavy (non-hydrogen) atoms. The van der Waals surface area contributed by atoms with Gasteiger partial charge in [-0.25, -0.2) is 0 Å². The molecule has 4 nitrogen and oxygen atoms in total. The number of benzene rings is 2. The van der Waals surface area contributed by atoms with Crippen LogP contribution in [0.4, 0.5) is 8.78 Å². The van der Waals surface area contributed by atoms with Gasteiger partial charge in [0.2, 0.25) is 0 Å². The molecule has 0 unspecified atom stereocenters. The van der Waals surface area contributed by atoms with Crippen molar-refractivity contribution >= 4 is 21.8 Å². The molecule has 0 aliphatic carbocycles. The Morgan fingerprint density at radius 1 is 1.19 bits per heavy atom. The molecule has 2 aromatic carbocycles. The van der Waals surface area contributed by atoms with Gasteiger partial charge in [0.15, 0.2) is 11.5 Å². The van der Waals surface area contributed by atoms with E-state index >= 15 is 0 Å². The minimum Gasteiger partial charge on any atom is -0.493 e. The summed E-state index contributed by atoms with van der Waals surface area (Å²) in [7, 11) is 1.33. The van der Waals surface area contributed by atoms with Gasteiger partial charge in [0.25, 0.3) is 5.91 Å². The van der Waals surface area contributed by atoms with Crippen molar-refractivity contribution in [3.63, 3.8) is 0 Å². The average molecular weight is 428 g/mol. The first-order chi connectivity index (χ1) is 12.2. The van der Waals surface area contributed by atoms with Crippen LogP contribution in [0.3, 0.4) is 0 Å². The Labute approximate surface area is 159 Å². The van der Waals surface area contributed by atoms with E-state index in [9.17, 15) is 13.6 Å². The minimum absolute atomic E-state index is 0.00347. The molecule has 0 saturated heterocycles. The molecule has 0 fully saturated rings. The Hall–Kier alpha value is -2.15. The summed E-state index contributed by atoms with van der Waals surface area (Å²) in [5, 5.41) is 2.79. The fourth-order valence-corrected chi connectivity index (χ4v) is 2.73. The lowest BCUT2D eigenvalue weighted by Crippen LogP contribution is -2.36. The predicted octanol–water partition coefficient (Wildman–Crippen LogP) is 4.77. The number of rotatable bonds is 7. The maximum Gasteiger partial charge on any atom is 0.387 e. The molecule has 0 heterocycles. The molecule has 140 valence electrons. The lowest BCUT2D eigenvalue weighted by atomic mass is 9.84. The molecule has 0 aromatic heterocycles. The van der Waals surface area contributed by atoms with Crippen LogP contribution in [0.1, 0.15) is 29.8 Å². The highest BCUT2D eigenvalue weighted by molar-refractivity contribution is 9.10. The predicted molar refractivity (Wildman–Crippen MR) is 99.1 cm³/mol. The number of amides is 1. The maximum atomic E-state index is 12.7. The number of halogens is 3. The van der Waals surface area contributed by atoms with Crippen LogP contribution < -0.4 is 14.8 Å². The van der Waals surface area contributed by atoms with Gasteiger partial charge in [-0.15, -0.1) is 0 Å². The SMILES string of the molecule is COc1cccc(C(=O)NCC(C)(C)c2ccc(Br)cc2)c1OC(F)F. The summed E-state index contributed by atoms with van der Waals surface area (Å²) in [4.78, 5) is 12.5. The zero-order valence-electron chi connectivity index (χ0n) is 14.7. The number of nitrogens with one attached hydrogen (secondary N) is 1. The summed E-state index contributed by atoms with van der Waals surface area (Å²) in [5.41, 5.74) is 0.686. The van der Waals surface area contributed by atoms with Gasteiger partial charge in [-0.3, -0.25) is 4.79 Å². The molecule has 0 spiro atoms. The second-order valence-electron chi connectivity index (χ2n) is 6.29. The zero-order valence-corrected chi connectivity index (χ0v) is 16.3. The van der Waals surface area contributed by atoms with Gasteiger partial charge in [0, 0.05) is 16.4 Å². The zero-order chi connectivity index (χ0) is 19.3. The lowest BCUT2D eigenvalue weighted by molar-refractivity contribution is -0.0515. The maximum absolute atomic E-state index is 12.7. The second-order valence-corrected chi connectivity index (χ2v) is 7.20. The number of hydrogen-bond acceptors (Lipinski definition) is 3. The Balaban J connectivity index is 2.18. The molecule has 2 rings (SSSR count). The van der Waals surface area contributed by atoms with Gasteiger partial charge >= 0.3 is 6.61 Å². The Morgan fingerprint density at radius 3 is 2.42 bits per heavy atom. The molecule has 0 aliphatic heterocycles. The summed E-state index contributed by atoms with van der Waals surface area (Å²) in [5.74, 6) is -0.709. The van der Waals surface area contributed by atoms with E-state index < -0.39 is 12.5 Å². The van der Waals surface area contributed by atoms with Crippen molar-refractivity contribution in [2.24, 2.45) is 0 Å². The van der Waals surface area contributed by atoms with E-state index in [1.165, 1.54) is 19.2 Å². The van der Waals surface area contributed by atoms with Gasteiger partial charge in [0.1, 0.15) is 0 Å². The van der Waals surface area contributed by atoms with Crippen LogP contribution in [0.25, 0.3) is 0 Å². The van der Waals surface area contributed by atoms with Gasteiger partial charge in [0.05, 0.1) is 12.7 Å². The summed E-state index contributed by atoms with van der Waals surface area (Å²) < 4.78 is 35.9. The van der Waals surface area contributed by atoms with Crippen molar-refractivity contribution < 1.29 is 23.0 Å². The summed E-state index contributed by atoms with van der Waals surface area (Å²) in [6, 6.07) is 12.2. The van der Waals surface area contributed by atoms with Gasteiger partial charge < -0.3 is 14.8 Å². The van der Waals surface area contributed by atoms with Gasteiger partial charge in [-0.2, -0.15) is 8.78 Å². The van der Waals surface area contributed by atoms with E-state index in [1.54, 1.807) is 6.07 Å². The second kappa shape index (κ2) is 8.49. The van der Waals surface area contributed by atoms with Crippen LogP contribution in [-0.4, -0.2) is 26.2 Å². The first kappa shape index (κ1) is 20.2. The number of carbonyl (C=O) groups is 1. The van der Waals surface area contributed by atoms with Crippen LogP contribution in [0, 0.1) is 0 Å². The van der Waals surface area contributed by atoms with Crippen molar-refractivity contribution in [2.75, 3.05) is 13.7 Å². The van der Waals surface area contributed by atoms with Crippen molar-refractivity contribution in [1.82, 2.24) is 5.32 Å². The van der Waals surface area contributed by atoms with Crippen molar-refractivity contribution in [1.29, 1.82) is 0 Å². The number of ether oxygens (including phenoxy) is 2. The topological polar surface area (TPSA) is 47.6 Å². The van der Waals surface area contributed by atoms with E-state index in [0.717, 1.165) is 10.0 Å². The summed E-state index contributed by atoms with van der Waals surface area (Å²) in [6.45, 7) is 1.23. The van der Waals surface area contributed by atoms with Gasteiger partial charge in [-0.05, 0) is 29.8 Å². The van der Waals surface area contributed by atoms with Gasteiger partial charge in [-0.1, -0.05) is 48.0 Å². The molecular weight excluding hydrogens is 408 g/mol. The number of carbonyl (C=O) groups excluding carboxylic acids is 1. The highest BCUT2D eigenvalue weighted by Crippen LogP contribution is 2.32. The molecule has 1 amide bonds. The summed E-state index contributed by atoms with van der Waals surface area (Å²) >= 11 is 3.39. The third kappa shape index (κ3) is 4.94. The molecule has 2 aromatic rings. The van der Waals surface area contributed by atoms with E-state index in [1.807, 2.05) is 38.1 Å². The van der Waals surface area contributed by atoms with Crippen molar-refractivity contribution in [3.05, 3.63) is 58.1 Å². The fraction of sp³-hybridized carbons (Fsp3) is 0.316. The highest BCUT2D eigenvalue weighted by atomic mass is 79.9. The van der Waals surface area contributed by atoms with Crippen LogP contribution in [0.2, 0.25) is 0 Å². The van der Waals surface area contributed by atoms with Crippen LogP contribution in [0.15, 0.2) is 46.9 Å². The molecule has 0 bridgehead atoms. The fourth-order valence-electron chi connectivity index (χ4n) is 2.47. The van der Waals surface area contributed by atoms with E-state index in [-0.39, 0.29) is 22.5 Å². The van der Waals surface area contributed by atoms with E-state index in [0.29, 0.717) is 6.54 Å². The molecule has 7 heteroatoms. The Morgan fingerprint density at radius 2 is 1.85 bits per heavy atom. The molecular formula is C19H20BrF2NO3. The number of para-hydroxylation sites is 1. The molecule has 0 aliphatic rings. The normalized spacial score (nSPS) is 11.3.